The van der Waals surface area contributed by atoms with Gasteiger partial charge in [0, 0.05) is 22.5 Å². The Morgan fingerprint density at radius 3 is 1.74 bits per heavy atom. The van der Waals surface area contributed by atoms with E-state index in [1.807, 2.05) is 0 Å². The highest BCUT2D eigenvalue weighted by atomic mass is 28.3. The molecule has 0 saturated carbocycles. The molecule has 8 rings (SSSR count). The maximum Gasteiger partial charge on any atom is 0.113 e. The highest BCUT2D eigenvalue weighted by Gasteiger charge is 2.38. The Morgan fingerprint density at radius 2 is 0.977 bits per heavy atom. The van der Waals surface area contributed by atoms with Crippen molar-refractivity contribution in [3.05, 3.63) is 151 Å². The largest absolute Gasteiger partial charge is 0.310 e. The molecule has 0 atom stereocenters. The van der Waals surface area contributed by atoms with Gasteiger partial charge in [0.2, 0.25) is 0 Å². The third-order valence-electron chi connectivity index (χ3n) is 9.88. The summed E-state index contributed by atoms with van der Waals surface area (Å²) in [6, 6.07) is 51.9. The Kier molecular flexibility index (Phi) is 5.70. The fourth-order valence-electron chi connectivity index (χ4n) is 7.54. The fourth-order valence-corrected chi connectivity index (χ4v) is 10.6. The molecule has 0 radical (unpaired) electrons. The molecule has 2 heteroatoms. The minimum Gasteiger partial charge on any atom is -0.310 e. The molecule has 1 nitrogen and oxygen atoms in total. The van der Waals surface area contributed by atoms with Crippen LogP contribution in [0.4, 0.5) is 17.1 Å². The van der Waals surface area contributed by atoms with E-state index in [2.05, 4.69) is 171 Å². The topological polar surface area (TPSA) is 3.24 Å². The van der Waals surface area contributed by atoms with Gasteiger partial charge in [0.1, 0.15) is 8.07 Å². The van der Waals surface area contributed by atoms with Gasteiger partial charge in [0.15, 0.2) is 0 Å². The summed E-state index contributed by atoms with van der Waals surface area (Å²) < 4.78 is 0. The lowest BCUT2D eigenvalue weighted by Gasteiger charge is -2.29. The van der Waals surface area contributed by atoms with Gasteiger partial charge in [-0.2, -0.15) is 0 Å². The quantitative estimate of drug-likeness (QED) is 0.191. The molecule has 43 heavy (non-hydrogen) atoms. The summed E-state index contributed by atoms with van der Waals surface area (Å²) in [5, 5.41) is 3.06. The van der Waals surface area contributed by atoms with E-state index in [0.29, 0.717) is 0 Å². The Balaban J connectivity index is 1.30. The molecule has 0 N–H and O–H groups in total. The van der Waals surface area contributed by atoms with Crippen LogP contribution in [0, 0.1) is 0 Å². The highest BCUT2D eigenvalue weighted by molar-refractivity contribution is 7.03. The molecule has 2 aliphatic rings. The summed E-state index contributed by atoms with van der Waals surface area (Å²) in [5.41, 5.74) is 14.3. The second kappa shape index (κ2) is 9.42. The number of anilines is 3. The molecule has 0 aromatic heterocycles. The van der Waals surface area contributed by atoms with Crippen molar-refractivity contribution in [1.82, 2.24) is 0 Å². The summed E-state index contributed by atoms with van der Waals surface area (Å²) in [5.74, 6) is 0. The zero-order valence-electron chi connectivity index (χ0n) is 25.2. The van der Waals surface area contributed by atoms with Crippen molar-refractivity contribution >= 4 is 35.5 Å². The smallest absolute Gasteiger partial charge is 0.113 e. The van der Waals surface area contributed by atoms with Crippen LogP contribution in [0.5, 0.6) is 0 Å². The summed E-state index contributed by atoms with van der Waals surface area (Å²) >= 11 is 0. The lowest BCUT2D eigenvalue weighted by atomic mass is 9.82. The van der Waals surface area contributed by atoms with Crippen LogP contribution in [0.3, 0.4) is 0 Å². The molecule has 6 aromatic rings. The van der Waals surface area contributed by atoms with Crippen LogP contribution in [0.2, 0.25) is 13.1 Å². The number of nitrogens with zero attached hydrogens (tertiary/aromatic N) is 1. The first-order valence-corrected chi connectivity index (χ1v) is 18.3. The van der Waals surface area contributed by atoms with Gasteiger partial charge >= 0.3 is 0 Å². The monoisotopic (exact) mass is 569 g/mol. The van der Waals surface area contributed by atoms with Crippen molar-refractivity contribution < 1.29 is 0 Å². The third-order valence-corrected chi connectivity index (χ3v) is 13.4. The molecular formula is C41H35NSi. The summed E-state index contributed by atoms with van der Waals surface area (Å²) in [4.78, 5) is 2.46. The molecule has 0 spiro atoms. The number of hydrogen-bond acceptors (Lipinski definition) is 1. The van der Waals surface area contributed by atoms with E-state index in [-0.39, 0.29) is 5.41 Å². The van der Waals surface area contributed by atoms with E-state index in [1.54, 1.807) is 0 Å². The second-order valence-corrected chi connectivity index (χ2v) is 17.4. The second-order valence-electron chi connectivity index (χ2n) is 13.0. The zero-order chi connectivity index (χ0) is 29.3. The van der Waals surface area contributed by atoms with E-state index in [9.17, 15) is 0 Å². The van der Waals surface area contributed by atoms with Crippen LogP contribution >= 0.6 is 0 Å². The molecular weight excluding hydrogens is 535 g/mol. The number of rotatable bonds is 4. The Hall–Kier alpha value is -4.66. The highest BCUT2D eigenvalue weighted by Crippen LogP contribution is 2.50. The standard InChI is InChI=1S/C41H35NSi/c1-41(2)37-16-10-8-14-33(37)34-24-22-31(26-38(34)41)42(30-20-18-29(19-21-30)28-12-6-5-7-13-28)32-23-25-36-35-15-9-11-17-39(35)43(3,4)40(36)27-32/h5-27H,1-4H3. The molecule has 1 aliphatic carbocycles. The Labute approximate surface area is 256 Å². The number of fused-ring (bicyclic) bond motifs is 6. The van der Waals surface area contributed by atoms with E-state index in [1.165, 1.54) is 71.9 Å². The van der Waals surface area contributed by atoms with Crippen molar-refractivity contribution in [2.75, 3.05) is 4.90 Å². The van der Waals surface area contributed by atoms with Crippen LogP contribution in [0.1, 0.15) is 25.0 Å². The van der Waals surface area contributed by atoms with Crippen molar-refractivity contribution in [1.29, 1.82) is 0 Å². The lowest BCUT2D eigenvalue weighted by Crippen LogP contribution is -2.49. The van der Waals surface area contributed by atoms with E-state index in [4.69, 9.17) is 0 Å². The van der Waals surface area contributed by atoms with Gasteiger partial charge in [-0.1, -0.05) is 130 Å². The van der Waals surface area contributed by atoms with Crippen LogP contribution in [-0.4, -0.2) is 8.07 Å². The van der Waals surface area contributed by atoms with Gasteiger partial charge in [0.25, 0.3) is 0 Å². The van der Waals surface area contributed by atoms with Crippen LogP contribution in [0.25, 0.3) is 33.4 Å². The van der Waals surface area contributed by atoms with E-state index >= 15 is 0 Å². The average Bonchev–Trinajstić information content (AvgIpc) is 3.41. The van der Waals surface area contributed by atoms with Crippen LogP contribution in [-0.2, 0) is 5.41 Å². The molecule has 208 valence electrons. The summed E-state index contributed by atoms with van der Waals surface area (Å²) in [6.07, 6.45) is 0. The van der Waals surface area contributed by atoms with Crippen molar-refractivity contribution in [2.24, 2.45) is 0 Å². The average molecular weight is 570 g/mol. The molecule has 1 aliphatic heterocycles. The molecule has 0 amide bonds. The minimum absolute atomic E-state index is 0.0563. The Morgan fingerprint density at radius 1 is 0.442 bits per heavy atom. The van der Waals surface area contributed by atoms with Gasteiger partial charge in [-0.05, 0) is 91.3 Å². The first-order valence-electron chi connectivity index (χ1n) is 15.3. The molecule has 0 bridgehead atoms. The van der Waals surface area contributed by atoms with Gasteiger partial charge in [0.05, 0.1) is 0 Å². The normalized spacial score (nSPS) is 14.9. The summed E-state index contributed by atoms with van der Waals surface area (Å²) in [7, 11) is -1.82. The molecule has 0 unspecified atom stereocenters. The van der Waals surface area contributed by atoms with Crippen LogP contribution < -0.4 is 15.3 Å². The number of hydrogen-bond donors (Lipinski definition) is 0. The SMILES string of the molecule is CC1(C)c2ccccc2-c2ccc(N(c3ccc(-c4ccccc4)cc3)c3ccc4c(c3)[Si](C)(C)c3ccccc3-4)cc21. The van der Waals surface area contributed by atoms with Crippen molar-refractivity contribution in [2.45, 2.75) is 32.4 Å². The number of benzene rings is 6. The lowest BCUT2D eigenvalue weighted by molar-refractivity contribution is 0.660. The van der Waals surface area contributed by atoms with E-state index in [0.717, 1.165) is 0 Å². The van der Waals surface area contributed by atoms with Gasteiger partial charge < -0.3 is 4.90 Å². The molecule has 6 aromatic carbocycles. The third kappa shape index (κ3) is 3.90. The van der Waals surface area contributed by atoms with E-state index < -0.39 is 8.07 Å². The summed E-state index contributed by atoms with van der Waals surface area (Å²) in [6.45, 7) is 9.72. The minimum atomic E-state index is -1.82. The van der Waals surface area contributed by atoms with Crippen molar-refractivity contribution in [3.63, 3.8) is 0 Å². The first-order chi connectivity index (χ1) is 20.8. The molecule has 1 heterocycles. The van der Waals surface area contributed by atoms with Gasteiger partial charge in [-0.3, -0.25) is 0 Å². The predicted octanol–water partition coefficient (Wildman–Crippen LogP) is 9.93. The van der Waals surface area contributed by atoms with Crippen LogP contribution in [0.15, 0.2) is 140 Å². The Bertz CT molecular complexity index is 1910. The molecule has 0 fully saturated rings. The zero-order valence-corrected chi connectivity index (χ0v) is 26.2. The van der Waals surface area contributed by atoms with Gasteiger partial charge in [-0.25, -0.2) is 0 Å². The van der Waals surface area contributed by atoms with Gasteiger partial charge in [-0.15, -0.1) is 0 Å². The molecule has 0 saturated heterocycles. The van der Waals surface area contributed by atoms with Crippen molar-refractivity contribution in [3.8, 4) is 33.4 Å². The first kappa shape index (κ1) is 26.0. The fraction of sp³-hybridized carbons (Fsp3) is 0.122. The maximum atomic E-state index is 2.50. The maximum absolute atomic E-state index is 2.50. The predicted molar refractivity (Wildman–Crippen MR) is 186 cm³/mol.